The lowest BCUT2D eigenvalue weighted by Gasteiger charge is -2.30. The Balaban J connectivity index is 1.61. The fourth-order valence-electron chi connectivity index (χ4n) is 3.15. The van der Waals surface area contributed by atoms with Crippen LogP contribution in [0.2, 0.25) is 0 Å². The zero-order chi connectivity index (χ0) is 20.0. The highest BCUT2D eigenvalue weighted by atomic mass is 19.4. The number of ether oxygens (including phenoxy) is 2. The van der Waals surface area contributed by atoms with Crippen LogP contribution in [-0.2, 0) is 4.74 Å². The molecule has 0 bridgehead atoms. The number of nitrogens with one attached hydrogen (secondary N) is 1. The van der Waals surface area contributed by atoms with E-state index < -0.39 is 18.9 Å². The van der Waals surface area contributed by atoms with E-state index in [1.54, 1.807) is 36.4 Å². The average molecular weight is 394 g/mol. The Kier molecular flexibility index (Phi) is 6.51. The lowest BCUT2D eigenvalue weighted by atomic mass is 9.92. The minimum absolute atomic E-state index is 0.173. The number of halogens is 3. The lowest BCUT2D eigenvalue weighted by molar-refractivity contribution is -0.188. The fraction of sp³-hybridized carbons (Fsp3) is 0.400. The van der Waals surface area contributed by atoms with Crippen molar-refractivity contribution in [3.63, 3.8) is 0 Å². The summed E-state index contributed by atoms with van der Waals surface area (Å²) in [5, 5.41) is 2.87. The van der Waals surface area contributed by atoms with Crippen LogP contribution in [0, 0.1) is 0 Å². The molecule has 3 rings (SSSR count). The van der Waals surface area contributed by atoms with Gasteiger partial charge in [-0.25, -0.2) is 4.98 Å². The van der Waals surface area contributed by atoms with Gasteiger partial charge in [-0.3, -0.25) is 4.79 Å². The molecule has 1 amide bonds. The van der Waals surface area contributed by atoms with Crippen molar-refractivity contribution >= 4 is 5.91 Å². The first-order valence-electron chi connectivity index (χ1n) is 9.08. The summed E-state index contributed by atoms with van der Waals surface area (Å²) in [6, 6.07) is 11.9. The molecule has 1 aliphatic rings. The highest BCUT2D eigenvalue weighted by Gasteiger charge is 2.31. The van der Waals surface area contributed by atoms with Crippen molar-refractivity contribution in [2.24, 2.45) is 0 Å². The van der Waals surface area contributed by atoms with E-state index >= 15 is 0 Å². The predicted molar refractivity (Wildman–Crippen MR) is 96.3 cm³/mol. The molecule has 150 valence electrons. The number of rotatable bonds is 6. The summed E-state index contributed by atoms with van der Waals surface area (Å²) in [6.07, 6.45) is -1.07. The van der Waals surface area contributed by atoms with Crippen molar-refractivity contribution in [1.82, 2.24) is 10.3 Å². The number of alkyl halides is 3. The molecule has 1 N–H and O–H groups in total. The zero-order valence-corrected chi connectivity index (χ0v) is 15.1. The molecule has 0 spiro atoms. The van der Waals surface area contributed by atoms with Gasteiger partial charge in [0.25, 0.3) is 5.91 Å². The monoisotopic (exact) mass is 394 g/mol. The highest BCUT2D eigenvalue weighted by molar-refractivity contribution is 5.96. The summed E-state index contributed by atoms with van der Waals surface area (Å²) < 4.78 is 47.7. The number of amides is 1. The zero-order valence-electron chi connectivity index (χ0n) is 15.1. The molecule has 1 saturated carbocycles. The Hall–Kier alpha value is -2.61. The summed E-state index contributed by atoms with van der Waals surface area (Å²) in [4.78, 5) is 16.8. The molecule has 1 aliphatic carbocycles. The van der Waals surface area contributed by atoms with Crippen molar-refractivity contribution in [1.29, 1.82) is 0 Å². The van der Waals surface area contributed by atoms with Crippen LogP contribution in [0.1, 0.15) is 36.0 Å². The quantitative estimate of drug-likeness (QED) is 0.784. The number of benzene rings is 1. The Labute approximate surface area is 160 Å². The van der Waals surface area contributed by atoms with Gasteiger partial charge in [-0.15, -0.1) is 0 Å². The largest absolute Gasteiger partial charge is 0.438 e. The third-order valence-corrected chi connectivity index (χ3v) is 4.42. The summed E-state index contributed by atoms with van der Waals surface area (Å²) in [7, 11) is 0. The van der Waals surface area contributed by atoms with Crippen LogP contribution in [0.4, 0.5) is 13.2 Å². The van der Waals surface area contributed by atoms with Gasteiger partial charge in [0.2, 0.25) is 5.88 Å². The Bertz CT molecular complexity index is 784. The second kappa shape index (κ2) is 9.05. The first kappa shape index (κ1) is 20.1. The van der Waals surface area contributed by atoms with Crippen LogP contribution in [-0.4, -0.2) is 35.8 Å². The van der Waals surface area contributed by atoms with Crippen molar-refractivity contribution < 1.29 is 27.4 Å². The maximum Gasteiger partial charge on any atom is 0.411 e. The molecule has 2 atom stereocenters. The van der Waals surface area contributed by atoms with Gasteiger partial charge in [-0.1, -0.05) is 18.2 Å². The molecule has 5 nitrogen and oxygen atoms in total. The van der Waals surface area contributed by atoms with Crippen LogP contribution in [0.25, 0.3) is 0 Å². The Morgan fingerprint density at radius 1 is 1.14 bits per heavy atom. The van der Waals surface area contributed by atoms with E-state index in [-0.39, 0.29) is 23.4 Å². The summed E-state index contributed by atoms with van der Waals surface area (Å²) in [5.41, 5.74) is 0.268. The Morgan fingerprint density at radius 2 is 1.93 bits per heavy atom. The van der Waals surface area contributed by atoms with E-state index in [2.05, 4.69) is 10.3 Å². The van der Waals surface area contributed by atoms with Gasteiger partial charge in [0.15, 0.2) is 0 Å². The molecule has 28 heavy (non-hydrogen) atoms. The normalized spacial score (nSPS) is 19.8. The maximum atomic E-state index is 12.7. The lowest BCUT2D eigenvalue weighted by Crippen LogP contribution is -2.41. The van der Waals surface area contributed by atoms with Crippen LogP contribution in [0.15, 0.2) is 48.7 Å². The second-order valence-corrected chi connectivity index (χ2v) is 6.66. The number of aromatic nitrogens is 1. The molecule has 1 fully saturated rings. The minimum atomic E-state index is -4.35. The van der Waals surface area contributed by atoms with Gasteiger partial charge in [0.1, 0.15) is 17.9 Å². The summed E-state index contributed by atoms with van der Waals surface area (Å²) >= 11 is 0. The number of hydrogen-bond acceptors (Lipinski definition) is 4. The third kappa shape index (κ3) is 5.95. The first-order chi connectivity index (χ1) is 13.4. The molecule has 0 radical (unpaired) electrons. The van der Waals surface area contributed by atoms with Crippen LogP contribution in [0.5, 0.6) is 11.6 Å². The minimum Gasteiger partial charge on any atom is -0.438 e. The summed E-state index contributed by atoms with van der Waals surface area (Å²) in [6.45, 7) is -1.27. The predicted octanol–water partition coefficient (Wildman–Crippen LogP) is 4.49. The first-order valence-corrected chi connectivity index (χ1v) is 9.08. The van der Waals surface area contributed by atoms with Crippen LogP contribution in [0.3, 0.4) is 0 Å². The number of nitrogens with zero attached hydrogens (tertiary/aromatic N) is 1. The number of carbonyl (C=O) groups is 1. The molecule has 1 aromatic carbocycles. The molecule has 1 aromatic heterocycles. The highest BCUT2D eigenvalue weighted by Crippen LogP contribution is 2.26. The smallest absolute Gasteiger partial charge is 0.411 e. The Morgan fingerprint density at radius 3 is 2.68 bits per heavy atom. The van der Waals surface area contributed by atoms with Crippen molar-refractivity contribution in [3.05, 3.63) is 54.2 Å². The molecular weight excluding hydrogens is 373 g/mol. The van der Waals surface area contributed by atoms with Gasteiger partial charge >= 0.3 is 6.18 Å². The molecule has 2 aromatic rings. The van der Waals surface area contributed by atoms with Gasteiger partial charge in [0, 0.05) is 12.2 Å². The van der Waals surface area contributed by atoms with Crippen molar-refractivity contribution in [3.8, 4) is 11.6 Å². The molecule has 1 heterocycles. The van der Waals surface area contributed by atoms with Gasteiger partial charge in [-0.05, 0) is 49.9 Å². The van der Waals surface area contributed by atoms with Crippen molar-refractivity contribution in [2.45, 2.75) is 44.0 Å². The molecule has 0 aliphatic heterocycles. The molecule has 8 heteroatoms. The summed E-state index contributed by atoms with van der Waals surface area (Å²) in [5.74, 6) is 0.348. The van der Waals surface area contributed by atoms with Gasteiger partial charge in [0.05, 0.1) is 6.10 Å². The van der Waals surface area contributed by atoms with Crippen LogP contribution < -0.4 is 10.1 Å². The van der Waals surface area contributed by atoms with E-state index in [0.29, 0.717) is 31.4 Å². The van der Waals surface area contributed by atoms with Crippen molar-refractivity contribution in [2.75, 3.05) is 6.61 Å². The van der Waals surface area contributed by atoms with Gasteiger partial charge < -0.3 is 14.8 Å². The van der Waals surface area contributed by atoms with Crippen LogP contribution >= 0.6 is 0 Å². The van der Waals surface area contributed by atoms with Gasteiger partial charge in [-0.2, -0.15) is 13.2 Å². The van der Waals surface area contributed by atoms with E-state index in [9.17, 15) is 18.0 Å². The maximum absolute atomic E-state index is 12.7. The molecule has 0 unspecified atom stereocenters. The average Bonchev–Trinajstić information content (AvgIpc) is 2.67. The fourth-order valence-corrected chi connectivity index (χ4v) is 3.15. The number of para-hydroxylation sites is 1. The molecule has 0 saturated heterocycles. The molecular formula is C20H21F3N2O3. The van der Waals surface area contributed by atoms with E-state index in [1.165, 1.54) is 6.20 Å². The van der Waals surface area contributed by atoms with E-state index in [0.717, 1.165) is 0 Å². The van der Waals surface area contributed by atoms with E-state index in [1.807, 2.05) is 6.07 Å². The topological polar surface area (TPSA) is 60.5 Å². The van der Waals surface area contributed by atoms with E-state index in [4.69, 9.17) is 9.47 Å². The number of pyridine rings is 1. The SMILES string of the molecule is O=C(N[C@@H]1CCC[C@@H](OCC(F)(F)F)C1)c1cccnc1Oc1ccccc1. The second-order valence-electron chi connectivity index (χ2n) is 6.66. The number of carbonyl (C=O) groups excluding carboxylic acids is 1. The number of hydrogen-bond donors (Lipinski definition) is 1. The standard InChI is InChI=1S/C20H21F3N2O3/c21-20(22,23)13-27-16-9-4-6-14(12-16)25-18(26)17-10-5-11-24-19(17)28-15-7-2-1-3-8-15/h1-3,5,7-8,10-11,14,16H,4,6,9,12-13H2,(H,25,26)/t14-,16-/m1/s1. The third-order valence-electron chi connectivity index (χ3n) is 4.42.